The molecule has 1 nitrogen and oxygen atoms in total. The van der Waals surface area contributed by atoms with E-state index in [0.29, 0.717) is 12.8 Å². The Morgan fingerprint density at radius 2 is 1.60 bits per heavy atom. The molecule has 15 heavy (non-hydrogen) atoms. The van der Waals surface area contributed by atoms with E-state index in [1.54, 1.807) is 0 Å². The summed E-state index contributed by atoms with van der Waals surface area (Å²) in [5.74, 6) is 0.305. The van der Waals surface area contributed by atoms with Crippen LogP contribution in [0.25, 0.3) is 0 Å². The smallest absolute Gasteiger partial charge is 0.300 e. The Kier molecular flexibility index (Phi) is 2.29. The summed E-state index contributed by atoms with van der Waals surface area (Å²) < 4.78 is 36.7. The maximum atomic E-state index is 12.2. The van der Waals surface area contributed by atoms with Gasteiger partial charge in [-0.3, -0.25) is 4.79 Å². The predicted octanol–water partition coefficient (Wildman–Crippen LogP) is 3.15. The summed E-state index contributed by atoms with van der Waals surface area (Å²) in [4.78, 5) is 10.7. The molecule has 0 atom stereocenters. The van der Waals surface area contributed by atoms with E-state index in [4.69, 9.17) is 0 Å². The van der Waals surface area contributed by atoms with Crippen molar-refractivity contribution < 1.29 is 18.0 Å². The fraction of sp³-hybridized carbons (Fsp3) is 0.364. The van der Waals surface area contributed by atoms with E-state index in [1.807, 2.05) is 0 Å². The van der Waals surface area contributed by atoms with Gasteiger partial charge in [0.25, 0.3) is 0 Å². The van der Waals surface area contributed by atoms with Crippen LogP contribution in [0.1, 0.15) is 29.9 Å². The van der Waals surface area contributed by atoms with Crippen molar-refractivity contribution in [3.05, 3.63) is 35.4 Å². The average Bonchev–Trinajstić information content (AvgIpc) is 2.12. The molecule has 0 N–H and O–H groups in total. The van der Waals surface area contributed by atoms with Crippen LogP contribution >= 0.6 is 0 Å². The number of hydrogen-bond acceptors (Lipinski definition) is 1. The van der Waals surface area contributed by atoms with Gasteiger partial charge in [0.15, 0.2) is 0 Å². The third-order valence-electron chi connectivity index (χ3n) is 2.66. The number of benzene rings is 1. The molecule has 80 valence electrons. The molecule has 1 saturated carbocycles. The van der Waals surface area contributed by atoms with Gasteiger partial charge in [-0.15, -0.1) is 0 Å². The van der Waals surface area contributed by atoms with Crippen molar-refractivity contribution in [1.29, 1.82) is 0 Å². The van der Waals surface area contributed by atoms with Gasteiger partial charge in [-0.05, 0) is 23.6 Å². The van der Waals surface area contributed by atoms with E-state index in [0.717, 1.165) is 17.7 Å². The Morgan fingerprint density at radius 3 is 2.00 bits per heavy atom. The molecule has 0 saturated heterocycles. The zero-order valence-electron chi connectivity index (χ0n) is 7.84. The molecule has 0 radical (unpaired) electrons. The number of hydrogen-bond donors (Lipinski definition) is 0. The number of carbonyl (C=O) groups is 1. The van der Waals surface area contributed by atoms with E-state index in [-0.39, 0.29) is 11.7 Å². The van der Waals surface area contributed by atoms with Crippen LogP contribution in [0.4, 0.5) is 13.2 Å². The van der Waals surface area contributed by atoms with Crippen molar-refractivity contribution in [2.75, 3.05) is 0 Å². The molecule has 0 heterocycles. The molecule has 0 unspecified atom stereocenters. The lowest BCUT2D eigenvalue weighted by atomic mass is 9.79. The van der Waals surface area contributed by atoms with Crippen LogP contribution in [0.2, 0.25) is 0 Å². The quantitative estimate of drug-likeness (QED) is 0.701. The summed E-state index contributed by atoms with van der Waals surface area (Å²) in [6.45, 7) is 0. The molecule has 0 bridgehead atoms. The van der Waals surface area contributed by atoms with Crippen LogP contribution in [-0.4, -0.2) is 5.78 Å². The summed E-state index contributed by atoms with van der Waals surface area (Å²) in [5, 5.41) is 0. The lowest BCUT2D eigenvalue weighted by molar-refractivity contribution is -0.137. The number of rotatable bonds is 1. The Hall–Kier alpha value is -1.32. The number of halogens is 3. The minimum Gasteiger partial charge on any atom is -0.300 e. The van der Waals surface area contributed by atoms with E-state index < -0.39 is 11.7 Å². The van der Waals surface area contributed by atoms with Gasteiger partial charge >= 0.3 is 6.18 Å². The maximum absolute atomic E-state index is 12.2. The third-order valence-corrected chi connectivity index (χ3v) is 2.66. The molecule has 1 aromatic carbocycles. The van der Waals surface area contributed by atoms with Gasteiger partial charge < -0.3 is 0 Å². The van der Waals surface area contributed by atoms with Crippen molar-refractivity contribution >= 4 is 5.78 Å². The second-order valence-electron chi connectivity index (χ2n) is 3.76. The summed E-state index contributed by atoms with van der Waals surface area (Å²) in [6.07, 6.45) is -3.36. The van der Waals surface area contributed by atoms with Crippen LogP contribution in [0.3, 0.4) is 0 Å². The fourth-order valence-electron chi connectivity index (χ4n) is 1.67. The SMILES string of the molecule is O=C1CC(c2ccc(C(F)(F)F)cc2)C1. The Labute approximate surface area is 84.9 Å². The highest BCUT2D eigenvalue weighted by molar-refractivity contribution is 5.86. The van der Waals surface area contributed by atoms with Crippen molar-refractivity contribution in [3.8, 4) is 0 Å². The Bertz CT molecular complexity index is 370. The Morgan fingerprint density at radius 1 is 1.07 bits per heavy atom. The van der Waals surface area contributed by atoms with Gasteiger partial charge in [0.05, 0.1) is 5.56 Å². The molecule has 1 aliphatic carbocycles. The van der Waals surface area contributed by atoms with Gasteiger partial charge in [-0.25, -0.2) is 0 Å². The zero-order valence-corrected chi connectivity index (χ0v) is 7.84. The van der Waals surface area contributed by atoms with Gasteiger partial charge in [0.2, 0.25) is 0 Å². The van der Waals surface area contributed by atoms with E-state index in [9.17, 15) is 18.0 Å². The molecule has 0 spiro atoms. The van der Waals surface area contributed by atoms with Gasteiger partial charge in [0, 0.05) is 12.8 Å². The fourth-order valence-corrected chi connectivity index (χ4v) is 1.67. The first-order valence-corrected chi connectivity index (χ1v) is 4.65. The van der Waals surface area contributed by atoms with E-state index in [2.05, 4.69) is 0 Å². The molecule has 0 aliphatic heterocycles. The second kappa shape index (κ2) is 3.36. The Balaban J connectivity index is 2.14. The largest absolute Gasteiger partial charge is 0.416 e. The minimum atomic E-state index is -4.28. The first-order chi connectivity index (χ1) is 6.97. The molecule has 2 rings (SSSR count). The minimum absolute atomic E-state index is 0.125. The highest BCUT2D eigenvalue weighted by atomic mass is 19.4. The molecule has 0 amide bonds. The summed E-state index contributed by atoms with van der Waals surface area (Å²) in [5.41, 5.74) is 0.180. The molecule has 0 aromatic heterocycles. The third kappa shape index (κ3) is 2.03. The number of ketones is 1. The molecular formula is C11H9F3O. The lowest BCUT2D eigenvalue weighted by Crippen LogP contribution is -2.21. The van der Waals surface area contributed by atoms with Crippen LogP contribution in [-0.2, 0) is 11.0 Å². The van der Waals surface area contributed by atoms with E-state index >= 15 is 0 Å². The molecule has 4 heteroatoms. The summed E-state index contributed by atoms with van der Waals surface area (Å²) in [7, 11) is 0. The standard InChI is InChI=1S/C11H9F3O/c12-11(13,14)9-3-1-7(2-4-9)8-5-10(15)6-8/h1-4,8H,5-6H2. The lowest BCUT2D eigenvalue weighted by Gasteiger charge is -2.24. The maximum Gasteiger partial charge on any atom is 0.416 e. The average molecular weight is 214 g/mol. The van der Waals surface area contributed by atoms with Crippen LogP contribution < -0.4 is 0 Å². The topological polar surface area (TPSA) is 17.1 Å². The number of Topliss-reactive ketones (excluding diaryl/α,β-unsaturated/α-hetero) is 1. The number of alkyl halides is 3. The van der Waals surface area contributed by atoms with Crippen molar-refractivity contribution in [2.45, 2.75) is 24.9 Å². The molecular weight excluding hydrogens is 205 g/mol. The van der Waals surface area contributed by atoms with Crippen molar-refractivity contribution in [2.24, 2.45) is 0 Å². The van der Waals surface area contributed by atoms with Gasteiger partial charge in [-0.1, -0.05) is 12.1 Å². The van der Waals surface area contributed by atoms with Crippen molar-refractivity contribution in [3.63, 3.8) is 0 Å². The highest BCUT2D eigenvalue weighted by Crippen LogP contribution is 2.35. The molecule has 1 aromatic rings. The molecule has 1 aliphatic rings. The van der Waals surface area contributed by atoms with E-state index in [1.165, 1.54) is 12.1 Å². The van der Waals surface area contributed by atoms with Gasteiger partial charge in [0.1, 0.15) is 5.78 Å². The van der Waals surface area contributed by atoms with Crippen LogP contribution in [0.5, 0.6) is 0 Å². The summed E-state index contributed by atoms with van der Waals surface area (Å²) in [6, 6.07) is 5.05. The molecule has 1 fully saturated rings. The summed E-state index contributed by atoms with van der Waals surface area (Å²) >= 11 is 0. The first-order valence-electron chi connectivity index (χ1n) is 4.65. The van der Waals surface area contributed by atoms with Crippen LogP contribution in [0, 0.1) is 0 Å². The highest BCUT2D eigenvalue weighted by Gasteiger charge is 2.32. The monoisotopic (exact) mass is 214 g/mol. The number of carbonyl (C=O) groups excluding carboxylic acids is 1. The van der Waals surface area contributed by atoms with Crippen LogP contribution in [0.15, 0.2) is 24.3 Å². The normalized spacial score (nSPS) is 17.7. The zero-order chi connectivity index (χ0) is 11.1. The predicted molar refractivity (Wildman–Crippen MR) is 48.4 cm³/mol. The second-order valence-corrected chi connectivity index (χ2v) is 3.76. The van der Waals surface area contributed by atoms with Crippen molar-refractivity contribution in [1.82, 2.24) is 0 Å². The first kappa shape index (κ1) is 10.2. The van der Waals surface area contributed by atoms with Gasteiger partial charge in [-0.2, -0.15) is 13.2 Å².